The van der Waals surface area contributed by atoms with Crippen LogP contribution in [0, 0.1) is 19.7 Å². The number of aliphatic imine (C=N–C) groups is 1. The second-order valence-corrected chi connectivity index (χ2v) is 9.02. The smallest absolute Gasteiger partial charge is 0.198 e. The number of benzene rings is 1. The van der Waals surface area contributed by atoms with Gasteiger partial charge in [-0.15, -0.1) is 0 Å². The van der Waals surface area contributed by atoms with Gasteiger partial charge in [-0.05, 0) is 58.7 Å². The lowest BCUT2D eigenvalue weighted by Gasteiger charge is -2.16. The summed E-state index contributed by atoms with van der Waals surface area (Å²) in [5.41, 5.74) is 3.55. The maximum absolute atomic E-state index is 14.5. The predicted octanol–water partition coefficient (Wildman–Crippen LogP) is 5.19. The van der Waals surface area contributed by atoms with Crippen LogP contribution in [0.5, 0.6) is 5.88 Å². The summed E-state index contributed by atoms with van der Waals surface area (Å²) in [7, 11) is 0. The molecule has 0 radical (unpaired) electrons. The van der Waals surface area contributed by atoms with Crippen LogP contribution in [0.15, 0.2) is 41.5 Å². The first kappa shape index (κ1) is 22.7. The van der Waals surface area contributed by atoms with Crippen molar-refractivity contribution in [2.24, 2.45) is 4.99 Å². The molecule has 0 saturated carbocycles. The van der Waals surface area contributed by atoms with Crippen LogP contribution in [-0.2, 0) is 6.54 Å². The second-order valence-electron chi connectivity index (χ2n) is 9.02. The molecule has 33 heavy (non-hydrogen) atoms. The molecule has 4 rings (SSSR count). The van der Waals surface area contributed by atoms with Crippen LogP contribution in [0.2, 0.25) is 0 Å². The zero-order valence-electron chi connectivity index (χ0n) is 19.4. The predicted molar refractivity (Wildman–Crippen MR) is 128 cm³/mol. The summed E-state index contributed by atoms with van der Waals surface area (Å²) in [6.45, 7) is 9.66. The van der Waals surface area contributed by atoms with E-state index in [1.807, 2.05) is 30.7 Å². The van der Waals surface area contributed by atoms with Crippen LogP contribution in [-0.4, -0.2) is 41.3 Å². The molecule has 0 aliphatic rings. The highest BCUT2D eigenvalue weighted by Crippen LogP contribution is 2.33. The summed E-state index contributed by atoms with van der Waals surface area (Å²) in [6.07, 6.45) is 2.15. The van der Waals surface area contributed by atoms with Crippen molar-refractivity contribution in [3.63, 3.8) is 0 Å². The highest BCUT2D eigenvalue weighted by Gasteiger charge is 2.18. The highest BCUT2D eigenvalue weighted by atomic mass is 19.1. The van der Waals surface area contributed by atoms with Gasteiger partial charge in [-0.2, -0.15) is 5.10 Å². The minimum absolute atomic E-state index is 0.0337. The van der Waals surface area contributed by atoms with Crippen LogP contribution in [0.3, 0.4) is 0 Å². The van der Waals surface area contributed by atoms with Crippen LogP contribution < -0.4 is 0 Å². The van der Waals surface area contributed by atoms with Crippen molar-refractivity contribution in [3.8, 4) is 17.1 Å². The van der Waals surface area contributed by atoms with Gasteiger partial charge in [0.25, 0.3) is 0 Å². The van der Waals surface area contributed by atoms with Crippen molar-refractivity contribution >= 4 is 22.4 Å². The van der Waals surface area contributed by atoms with E-state index in [-0.39, 0.29) is 11.7 Å². The third-order valence-electron chi connectivity index (χ3n) is 5.69. The number of aromatic amines is 1. The monoisotopic (exact) mass is 449 g/mol. The first-order chi connectivity index (χ1) is 15.5. The van der Waals surface area contributed by atoms with Crippen LogP contribution in [0.4, 0.5) is 10.2 Å². The van der Waals surface area contributed by atoms with E-state index in [2.05, 4.69) is 20.1 Å². The Bertz CT molecular complexity index is 1340. The number of aliphatic hydroxyl groups is 1. The lowest BCUT2D eigenvalue weighted by atomic mass is 10.0. The van der Waals surface area contributed by atoms with Gasteiger partial charge < -0.3 is 15.2 Å². The molecule has 4 aromatic rings. The van der Waals surface area contributed by atoms with E-state index >= 15 is 0 Å². The number of halogens is 1. The van der Waals surface area contributed by atoms with Crippen LogP contribution in [0.1, 0.15) is 44.0 Å². The number of aromatic hydroxyl groups is 1. The molecule has 3 aromatic heterocycles. The Morgan fingerprint density at radius 1 is 1.24 bits per heavy atom. The molecular formula is C25H28FN5O2. The first-order valence-corrected chi connectivity index (χ1v) is 10.8. The molecule has 3 N–H and O–H groups in total. The SMILES string of the molecule is CC(=Nc1cc(C)n(CCC(C)(C)O)n1)c1c(O)[nH]c2cnc(-c3c(C)cccc3F)cc12. The number of pyridine rings is 1. The van der Waals surface area contributed by atoms with Gasteiger partial charge in [0.2, 0.25) is 0 Å². The number of rotatable bonds is 6. The van der Waals surface area contributed by atoms with E-state index in [0.717, 1.165) is 11.3 Å². The standard InChI is InChI=1S/C25H28FN5O2/c1-14-7-6-8-18(26)22(14)19-12-17-20(13-27-19)29-24(32)23(17)16(3)28-21-11-15(2)31(30-21)10-9-25(4,5)33/h6-8,11-13,29,32-33H,9-10H2,1-5H3. The number of fused-ring (bicyclic) bond motifs is 1. The topological polar surface area (TPSA) is 99.3 Å². The molecule has 1 aromatic carbocycles. The number of hydrogen-bond acceptors (Lipinski definition) is 5. The Hall–Kier alpha value is -3.52. The molecule has 0 fully saturated rings. The Kier molecular flexibility index (Phi) is 5.80. The second kappa shape index (κ2) is 8.44. The summed E-state index contributed by atoms with van der Waals surface area (Å²) < 4.78 is 16.3. The number of nitrogens with one attached hydrogen (secondary N) is 1. The zero-order valence-corrected chi connectivity index (χ0v) is 19.4. The average molecular weight is 450 g/mol. The van der Waals surface area contributed by atoms with Gasteiger partial charge in [-0.1, -0.05) is 12.1 Å². The van der Waals surface area contributed by atoms with Crippen LogP contribution in [0.25, 0.3) is 22.2 Å². The average Bonchev–Trinajstić information content (AvgIpc) is 3.23. The summed E-state index contributed by atoms with van der Waals surface area (Å²) in [4.78, 5) is 11.9. The largest absolute Gasteiger partial charge is 0.494 e. The minimum atomic E-state index is -0.782. The maximum Gasteiger partial charge on any atom is 0.198 e. The summed E-state index contributed by atoms with van der Waals surface area (Å²) in [5, 5.41) is 25.8. The molecule has 8 heteroatoms. The highest BCUT2D eigenvalue weighted by molar-refractivity contribution is 6.13. The molecular weight excluding hydrogens is 421 g/mol. The molecule has 0 aliphatic heterocycles. The van der Waals surface area contributed by atoms with Gasteiger partial charge >= 0.3 is 0 Å². The molecule has 172 valence electrons. The van der Waals surface area contributed by atoms with E-state index in [9.17, 15) is 14.6 Å². The number of nitrogens with zero attached hydrogens (tertiary/aromatic N) is 4. The Morgan fingerprint density at radius 3 is 2.70 bits per heavy atom. The molecule has 3 heterocycles. The van der Waals surface area contributed by atoms with E-state index in [1.54, 1.807) is 39.1 Å². The number of aryl methyl sites for hydroxylation is 3. The van der Waals surface area contributed by atoms with Gasteiger partial charge in [0.1, 0.15) is 5.82 Å². The van der Waals surface area contributed by atoms with Crippen molar-refractivity contribution in [1.29, 1.82) is 0 Å². The normalized spacial score (nSPS) is 12.6. The third kappa shape index (κ3) is 4.66. The van der Waals surface area contributed by atoms with E-state index in [0.29, 0.717) is 52.2 Å². The van der Waals surface area contributed by atoms with Crippen molar-refractivity contribution in [3.05, 3.63) is 59.2 Å². The van der Waals surface area contributed by atoms with Gasteiger partial charge in [0, 0.05) is 29.3 Å². The molecule has 0 amide bonds. The molecule has 0 aliphatic carbocycles. The lowest BCUT2D eigenvalue weighted by Crippen LogP contribution is -2.21. The molecule has 0 unspecified atom stereocenters. The zero-order chi connectivity index (χ0) is 23.9. The fourth-order valence-electron chi connectivity index (χ4n) is 3.92. The number of hydrogen-bond donors (Lipinski definition) is 3. The molecule has 0 atom stereocenters. The van der Waals surface area contributed by atoms with Crippen LogP contribution >= 0.6 is 0 Å². The van der Waals surface area contributed by atoms with Gasteiger partial charge in [-0.25, -0.2) is 9.38 Å². The fourth-order valence-corrected chi connectivity index (χ4v) is 3.92. The molecule has 0 bridgehead atoms. The van der Waals surface area contributed by atoms with Gasteiger partial charge in [0.15, 0.2) is 11.7 Å². The lowest BCUT2D eigenvalue weighted by molar-refractivity contribution is 0.0649. The van der Waals surface area contributed by atoms with Crippen molar-refractivity contribution in [1.82, 2.24) is 19.7 Å². The minimum Gasteiger partial charge on any atom is -0.494 e. The summed E-state index contributed by atoms with van der Waals surface area (Å²) in [5.74, 6) is 0.128. The van der Waals surface area contributed by atoms with Gasteiger partial charge in [-0.3, -0.25) is 9.67 Å². The summed E-state index contributed by atoms with van der Waals surface area (Å²) >= 11 is 0. The van der Waals surface area contributed by atoms with Crippen molar-refractivity contribution in [2.75, 3.05) is 0 Å². The summed E-state index contributed by atoms with van der Waals surface area (Å²) in [6, 6.07) is 8.53. The third-order valence-corrected chi connectivity index (χ3v) is 5.69. The van der Waals surface area contributed by atoms with Crippen molar-refractivity contribution < 1.29 is 14.6 Å². The van der Waals surface area contributed by atoms with Gasteiger partial charge in [0.05, 0.1) is 34.3 Å². The van der Waals surface area contributed by atoms with E-state index in [4.69, 9.17) is 0 Å². The quantitative estimate of drug-likeness (QED) is 0.353. The molecule has 7 nitrogen and oxygen atoms in total. The Morgan fingerprint density at radius 2 is 2.00 bits per heavy atom. The number of H-pyrrole nitrogens is 1. The molecule has 0 saturated heterocycles. The van der Waals surface area contributed by atoms with E-state index < -0.39 is 5.60 Å². The number of aromatic nitrogens is 4. The Labute approximate surface area is 191 Å². The Balaban J connectivity index is 1.74. The molecule has 0 spiro atoms. The first-order valence-electron chi connectivity index (χ1n) is 10.8. The van der Waals surface area contributed by atoms with Crippen molar-refractivity contribution in [2.45, 2.75) is 53.2 Å². The maximum atomic E-state index is 14.5. The fraction of sp³-hybridized carbons (Fsp3) is 0.320. The van der Waals surface area contributed by atoms with E-state index in [1.165, 1.54) is 6.07 Å².